The van der Waals surface area contributed by atoms with Gasteiger partial charge in [0.15, 0.2) is 0 Å². The largest absolute Gasteiger partial charge is 0.488 e. The van der Waals surface area contributed by atoms with Crippen LogP contribution in [0.2, 0.25) is 5.02 Å². The number of aliphatic hydroxyl groups is 1. The highest BCUT2D eigenvalue weighted by molar-refractivity contribution is 6.30. The van der Waals surface area contributed by atoms with Gasteiger partial charge in [-0.05, 0) is 71.9 Å². The Bertz CT molecular complexity index is 1160. The van der Waals surface area contributed by atoms with Gasteiger partial charge in [0.2, 0.25) is 0 Å². The lowest BCUT2D eigenvalue weighted by atomic mass is 9.84. The van der Waals surface area contributed by atoms with Crippen LogP contribution in [0.15, 0.2) is 72.8 Å². The van der Waals surface area contributed by atoms with Crippen LogP contribution in [0.3, 0.4) is 0 Å². The number of fused-ring (bicyclic) bond motifs is 2. The quantitative estimate of drug-likeness (QED) is 0.496. The summed E-state index contributed by atoms with van der Waals surface area (Å²) < 4.78 is 6.09. The predicted molar refractivity (Wildman–Crippen MR) is 134 cm³/mol. The number of piperidine rings is 1. The summed E-state index contributed by atoms with van der Waals surface area (Å²) >= 11 is 6.01. The molecule has 5 rings (SSSR count). The minimum Gasteiger partial charge on any atom is -0.488 e. The zero-order valence-corrected chi connectivity index (χ0v) is 19.4. The number of likely N-dealkylation sites (tertiary alicyclic amines) is 1. The third-order valence-corrected chi connectivity index (χ3v) is 7.10. The third kappa shape index (κ3) is 4.65. The normalized spacial score (nSPS) is 18.8. The van der Waals surface area contributed by atoms with Gasteiger partial charge in [-0.3, -0.25) is 0 Å². The molecule has 1 fully saturated rings. The Kier molecular flexibility index (Phi) is 6.15. The number of benzene rings is 3. The van der Waals surface area contributed by atoms with Crippen LogP contribution in [0.1, 0.15) is 41.5 Å². The fourth-order valence-corrected chi connectivity index (χ4v) is 5.03. The van der Waals surface area contributed by atoms with Crippen molar-refractivity contribution in [2.75, 3.05) is 25.4 Å². The summed E-state index contributed by atoms with van der Waals surface area (Å²) in [6.07, 6.45) is 4.67. The Hall–Kier alpha value is -2.79. The molecule has 0 bridgehead atoms. The molecule has 2 aliphatic rings. The standard InChI is InChI=1S/C28H29ClN2O2/c29-22-9-7-21(8-10-22)28(32)13-16-31(17-14-28)15-3-6-25-24-5-2-1-4-20(24)19-33-27-12-11-23(30)18-26(25)27/h1-2,4-12,18,32H,3,13-17,19,30H2/b25-6+. The van der Waals surface area contributed by atoms with Crippen molar-refractivity contribution in [2.45, 2.75) is 31.5 Å². The number of ether oxygens (including phenoxy) is 1. The molecule has 170 valence electrons. The van der Waals surface area contributed by atoms with E-state index >= 15 is 0 Å². The highest BCUT2D eigenvalue weighted by Crippen LogP contribution is 2.38. The third-order valence-electron chi connectivity index (χ3n) is 6.84. The summed E-state index contributed by atoms with van der Waals surface area (Å²) in [5.41, 5.74) is 11.7. The van der Waals surface area contributed by atoms with E-state index in [1.165, 1.54) is 16.7 Å². The Labute approximate surface area is 200 Å². The van der Waals surface area contributed by atoms with Crippen molar-refractivity contribution < 1.29 is 9.84 Å². The van der Waals surface area contributed by atoms with E-state index in [4.69, 9.17) is 22.1 Å². The fourth-order valence-electron chi connectivity index (χ4n) is 4.90. The van der Waals surface area contributed by atoms with Crippen molar-refractivity contribution in [3.63, 3.8) is 0 Å². The predicted octanol–water partition coefficient (Wildman–Crippen LogP) is 5.62. The first-order chi connectivity index (χ1) is 16.0. The maximum atomic E-state index is 11.1. The molecule has 0 saturated carbocycles. The minimum absolute atomic E-state index is 0.555. The van der Waals surface area contributed by atoms with E-state index in [0.29, 0.717) is 11.6 Å². The van der Waals surface area contributed by atoms with Crippen LogP contribution >= 0.6 is 11.6 Å². The first-order valence-electron chi connectivity index (χ1n) is 11.5. The first kappa shape index (κ1) is 22.0. The van der Waals surface area contributed by atoms with E-state index in [9.17, 15) is 5.11 Å². The first-order valence-corrected chi connectivity index (χ1v) is 11.9. The van der Waals surface area contributed by atoms with Gasteiger partial charge in [-0.15, -0.1) is 0 Å². The Morgan fingerprint density at radius 2 is 1.76 bits per heavy atom. The van der Waals surface area contributed by atoms with Crippen molar-refractivity contribution in [2.24, 2.45) is 0 Å². The smallest absolute Gasteiger partial charge is 0.127 e. The lowest BCUT2D eigenvalue weighted by Gasteiger charge is -2.38. The highest BCUT2D eigenvalue weighted by atomic mass is 35.5. The van der Waals surface area contributed by atoms with E-state index in [0.717, 1.165) is 61.5 Å². The summed E-state index contributed by atoms with van der Waals surface area (Å²) in [7, 11) is 0. The maximum absolute atomic E-state index is 11.1. The van der Waals surface area contributed by atoms with E-state index in [1.807, 2.05) is 42.5 Å². The topological polar surface area (TPSA) is 58.7 Å². The van der Waals surface area contributed by atoms with Crippen molar-refractivity contribution in [3.8, 4) is 5.75 Å². The second-order valence-electron chi connectivity index (χ2n) is 8.99. The SMILES string of the molecule is Nc1ccc2c(c1)/C(=C/CCN1CCC(O)(c3ccc(Cl)cc3)CC1)c1ccccc1CO2. The summed E-state index contributed by atoms with van der Waals surface area (Å²) in [5, 5.41) is 11.8. The molecule has 0 spiro atoms. The van der Waals surface area contributed by atoms with E-state index in [1.54, 1.807) is 0 Å². The molecule has 0 atom stereocenters. The number of halogens is 1. The zero-order chi connectivity index (χ0) is 22.8. The van der Waals surface area contributed by atoms with Crippen LogP contribution in [0, 0.1) is 0 Å². The summed E-state index contributed by atoms with van der Waals surface area (Å²) in [6.45, 7) is 3.23. The average Bonchev–Trinajstić information content (AvgIpc) is 2.98. The molecule has 0 unspecified atom stereocenters. The van der Waals surface area contributed by atoms with Crippen molar-refractivity contribution in [1.82, 2.24) is 4.90 Å². The van der Waals surface area contributed by atoms with E-state index in [-0.39, 0.29) is 0 Å². The minimum atomic E-state index is -0.770. The monoisotopic (exact) mass is 460 g/mol. The molecule has 5 heteroatoms. The van der Waals surface area contributed by atoms with Gasteiger partial charge in [-0.2, -0.15) is 0 Å². The number of rotatable bonds is 4. The van der Waals surface area contributed by atoms with Crippen LogP contribution in [0.25, 0.3) is 5.57 Å². The van der Waals surface area contributed by atoms with Gasteiger partial charge in [0.1, 0.15) is 12.4 Å². The van der Waals surface area contributed by atoms with Crippen molar-refractivity contribution in [3.05, 3.63) is 100 Å². The molecule has 1 saturated heterocycles. The number of hydrogen-bond acceptors (Lipinski definition) is 4. The van der Waals surface area contributed by atoms with Crippen LogP contribution in [-0.2, 0) is 12.2 Å². The molecule has 33 heavy (non-hydrogen) atoms. The van der Waals surface area contributed by atoms with E-state index < -0.39 is 5.60 Å². The molecular weight excluding hydrogens is 432 g/mol. The Morgan fingerprint density at radius 3 is 2.55 bits per heavy atom. The van der Waals surface area contributed by atoms with Gasteiger partial charge >= 0.3 is 0 Å². The molecule has 0 aromatic heterocycles. The van der Waals surface area contributed by atoms with Crippen molar-refractivity contribution >= 4 is 22.9 Å². The number of nitrogens with zero attached hydrogens (tertiary/aromatic N) is 1. The summed E-state index contributed by atoms with van der Waals surface area (Å²) in [5.74, 6) is 0.873. The van der Waals surface area contributed by atoms with Gasteiger partial charge in [0, 0.05) is 35.9 Å². The lowest BCUT2D eigenvalue weighted by molar-refractivity contribution is -0.0254. The number of anilines is 1. The second kappa shape index (κ2) is 9.22. The number of nitrogens with two attached hydrogens (primary N) is 1. The average molecular weight is 461 g/mol. The molecule has 2 heterocycles. The molecular formula is C28H29ClN2O2. The molecule has 0 radical (unpaired) electrons. The number of hydrogen-bond donors (Lipinski definition) is 2. The van der Waals surface area contributed by atoms with Crippen molar-refractivity contribution in [1.29, 1.82) is 0 Å². The zero-order valence-electron chi connectivity index (χ0n) is 18.6. The van der Waals surface area contributed by atoms with Gasteiger partial charge in [-0.25, -0.2) is 0 Å². The molecule has 3 N–H and O–H groups in total. The van der Waals surface area contributed by atoms with Gasteiger partial charge in [0.25, 0.3) is 0 Å². The van der Waals surface area contributed by atoms with Gasteiger partial charge in [-0.1, -0.05) is 54.1 Å². The lowest BCUT2D eigenvalue weighted by Crippen LogP contribution is -2.42. The van der Waals surface area contributed by atoms with Crippen LogP contribution in [0.4, 0.5) is 5.69 Å². The Balaban J connectivity index is 1.30. The Morgan fingerprint density at radius 1 is 1.00 bits per heavy atom. The molecule has 0 aliphatic carbocycles. The molecule has 4 nitrogen and oxygen atoms in total. The molecule has 3 aromatic carbocycles. The van der Waals surface area contributed by atoms with Crippen LogP contribution in [-0.4, -0.2) is 29.6 Å². The summed E-state index contributed by atoms with van der Waals surface area (Å²) in [6, 6.07) is 21.9. The second-order valence-corrected chi connectivity index (χ2v) is 9.42. The summed E-state index contributed by atoms with van der Waals surface area (Å²) in [4.78, 5) is 2.43. The van der Waals surface area contributed by atoms with Gasteiger partial charge < -0.3 is 20.5 Å². The molecule has 2 aliphatic heterocycles. The highest BCUT2D eigenvalue weighted by Gasteiger charge is 2.33. The van der Waals surface area contributed by atoms with Crippen LogP contribution in [0.5, 0.6) is 5.75 Å². The maximum Gasteiger partial charge on any atom is 0.127 e. The molecule has 3 aromatic rings. The van der Waals surface area contributed by atoms with E-state index in [2.05, 4.69) is 35.2 Å². The number of nitrogen functional groups attached to an aromatic ring is 1. The van der Waals surface area contributed by atoms with Crippen LogP contribution < -0.4 is 10.5 Å². The fraction of sp³-hybridized carbons (Fsp3) is 0.286. The van der Waals surface area contributed by atoms with Gasteiger partial charge in [0.05, 0.1) is 5.60 Å². The molecule has 0 amide bonds.